The summed E-state index contributed by atoms with van der Waals surface area (Å²) in [5, 5.41) is 10.5. The minimum absolute atomic E-state index is 0.556. The van der Waals surface area contributed by atoms with Crippen molar-refractivity contribution in [3.8, 4) is 11.5 Å². The fourth-order valence-corrected chi connectivity index (χ4v) is 2.35. The predicted octanol–water partition coefficient (Wildman–Crippen LogP) is 2.47. The molecule has 7 heteroatoms. The summed E-state index contributed by atoms with van der Waals surface area (Å²) in [6.07, 6.45) is 1.53. The highest BCUT2D eigenvalue weighted by Gasteiger charge is 2.03. The number of aromatic nitrogens is 3. The van der Waals surface area contributed by atoms with Crippen LogP contribution < -0.4 is 15.4 Å². The Balaban J connectivity index is 1.49. The summed E-state index contributed by atoms with van der Waals surface area (Å²) < 4.78 is 7.53. The van der Waals surface area contributed by atoms with Crippen LogP contribution in [0.2, 0.25) is 0 Å². The molecule has 0 spiro atoms. The van der Waals surface area contributed by atoms with Crippen molar-refractivity contribution in [1.29, 1.82) is 0 Å². The lowest BCUT2D eigenvalue weighted by Crippen LogP contribution is -2.36. The average Bonchev–Trinajstić information content (AvgIpc) is 3.09. The van der Waals surface area contributed by atoms with Gasteiger partial charge in [-0.25, -0.2) is 4.98 Å². The highest BCUT2D eigenvalue weighted by molar-refractivity contribution is 5.79. The van der Waals surface area contributed by atoms with Crippen LogP contribution in [-0.4, -0.2) is 27.8 Å². The van der Waals surface area contributed by atoms with E-state index in [9.17, 15) is 0 Å². The van der Waals surface area contributed by atoms with Crippen LogP contribution >= 0.6 is 0 Å². The van der Waals surface area contributed by atoms with Crippen LogP contribution in [0.3, 0.4) is 0 Å². The molecule has 0 aliphatic carbocycles. The van der Waals surface area contributed by atoms with Crippen molar-refractivity contribution < 1.29 is 4.74 Å². The molecule has 0 bridgehead atoms. The number of para-hydroxylation sites is 1. The molecule has 134 valence electrons. The summed E-state index contributed by atoms with van der Waals surface area (Å²) in [4.78, 5) is 8.39. The Hall–Kier alpha value is -3.35. The second kappa shape index (κ2) is 8.66. The van der Waals surface area contributed by atoms with E-state index in [2.05, 4.69) is 25.7 Å². The number of nitrogens with zero attached hydrogens (tertiary/aromatic N) is 4. The second-order valence-electron chi connectivity index (χ2n) is 5.64. The van der Waals surface area contributed by atoms with E-state index in [1.165, 1.54) is 6.33 Å². The first-order chi connectivity index (χ1) is 12.7. The molecule has 0 radical (unpaired) electrons. The topological polar surface area (TPSA) is 76.4 Å². The third-order valence-electron chi connectivity index (χ3n) is 3.80. The van der Waals surface area contributed by atoms with Gasteiger partial charge in [0.2, 0.25) is 0 Å². The molecule has 0 fully saturated rings. The lowest BCUT2D eigenvalue weighted by molar-refractivity contribution is 0.482. The van der Waals surface area contributed by atoms with Gasteiger partial charge in [0.15, 0.2) is 5.96 Å². The quantitative estimate of drug-likeness (QED) is 0.528. The van der Waals surface area contributed by atoms with Gasteiger partial charge in [-0.05, 0) is 29.8 Å². The van der Waals surface area contributed by atoms with Gasteiger partial charge in [0.25, 0.3) is 0 Å². The molecule has 0 unspecified atom stereocenters. The first kappa shape index (κ1) is 17.5. The van der Waals surface area contributed by atoms with Crippen LogP contribution in [0.25, 0.3) is 0 Å². The van der Waals surface area contributed by atoms with E-state index in [0.717, 1.165) is 22.9 Å². The maximum Gasteiger partial charge on any atom is 0.191 e. The minimum atomic E-state index is 0.556. The monoisotopic (exact) mass is 350 g/mol. The molecule has 0 atom stereocenters. The number of aryl methyl sites for hydroxylation is 1. The number of benzene rings is 2. The normalized spacial score (nSPS) is 11.2. The molecule has 2 aromatic carbocycles. The molecule has 3 rings (SSSR count). The molecule has 0 saturated heterocycles. The van der Waals surface area contributed by atoms with Gasteiger partial charge in [-0.3, -0.25) is 9.67 Å². The molecule has 0 aliphatic heterocycles. The van der Waals surface area contributed by atoms with Gasteiger partial charge in [0.1, 0.15) is 23.7 Å². The van der Waals surface area contributed by atoms with E-state index < -0.39 is 0 Å². The molecule has 2 N–H and O–H groups in total. The summed E-state index contributed by atoms with van der Waals surface area (Å²) in [6.45, 7) is 1.21. The van der Waals surface area contributed by atoms with Gasteiger partial charge in [0, 0.05) is 20.6 Å². The van der Waals surface area contributed by atoms with Gasteiger partial charge in [0.05, 0.1) is 6.54 Å². The van der Waals surface area contributed by atoms with Crippen LogP contribution in [0.4, 0.5) is 0 Å². The van der Waals surface area contributed by atoms with E-state index in [-0.39, 0.29) is 0 Å². The van der Waals surface area contributed by atoms with Crippen LogP contribution in [-0.2, 0) is 20.1 Å². The molecule has 0 saturated carbocycles. The Morgan fingerprint density at radius 1 is 1.00 bits per heavy atom. The lowest BCUT2D eigenvalue weighted by atomic mass is 10.2. The van der Waals surface area contributed by atoms with Gasteiger partial charge >= 0.3 is 0 Å². The number of rotatable bonds is 6. The molecule has 1 aromatic heterocycles. The van der Waals surface area contributed by atoms with Crippen molar-refractivity contribution in [3.05, 3.63) is 72.3 Å². The summed E-state index contributed by atoms with van der Waals surface area (Å²) >= 11 is 0. The van der Waals surface area contributed by atoms with Gasteiger partial charge in [-0.15, -0.1) is 0 Å². The fourth-order valence-electron chi connectivity index (χ4n) is 2.35. The Kier molecular flexibility index (Phi) is 5.82. The standard InChI is InChI=1S/C19H22N6O/c1-20-19(22-13-18-23-14-24-25(18)2)21-12-15-8-10-17(11-9-15)26-16-6-4-3-5-7-16/h3-11,14H,12-13H2,1-2H3,(H2,20,21,22). The Bertz CT molecular complexity index is 842. The zero-order valence-electron chi connectivity index (χ0n) is 14.9. The zero-order valence-corrected chi connectivity index (χ0v) is 14.9. The lowest BCUT2D eigenvalue weighted by Gasteiger charge is -2.12. The third-order valence-corrected chi connectivity index (χ3v) is 3.80. The van der Waals surface area contributed by atoms with Crippen LogP contribution in [0.1, 0.15) is 11.4 Å². The molecular formula is C19H22N6O. The summed E-state index contributed by atoms with van der Waals surface area (Å²) in [5.74, 6) is 3.18. The van der Waals surface area contributed by atoms with Crippen molar-refractivity contribution in [2.24, 2.45) is 12.0 Å². The first-order valence-electron chi connectivity index (χ1n) is 8.34. The smallest absolute Gasteiger partial charge is 0.191 e. The zero-order chi connectivity index (χ0) is 18.2. The third kappa shape index (κ3) is 4.83. The van der Waals surface area contributed by atoms with Crippen molar-refractivity contribution >= 4 is 5.96 Å². The number of hydrogen-bond donors (Lipinski definition) is 2. The Morgan fingerprint density at radius 3 is 2.35 bits per heavy atom. The second-order valence-corrected chi connectivity index (χ2v) is 5.64. The summed E-state index contributed by atoms with van der Waals surface area (Å²) in [6, 6.07) is 17.7. The number of hydrogen-bond acceptors (Lipinski definition) is 4. The largest absolute Gasteiger partial charge is 0.457 e. The summed E-state index contributed by atoms with van der Waals surface area (Å²) in [7, 11) is 3.60. The molecule has 1 heterocycles. The van der Waals surface area contributed by atoms with Crippen LogP contribution in [0.15, 0.2) is 65.9 Å². The van der Waals surface area contributed by atoms with Crippen LogP contribution in [0.5, 0.6) is 11.5 Å². The SMILES string of the molecule is CN=C(NCc1ccc(Oc2ccccc2)cc1)NCc1ncnn1C. The van der Waals surface area contributed by atoms with E-state index >= 15 is 0 Å². The predicted molar refractivity (Wildman–Crippen MR) is 101 cm³/mol. The number of aliphatic imine (C=N–C) groups is 1. The van der Waals surface area contributed by atoms with Gasteiger partial charge in [-0.1, -0.05) is 30.3 Å². The molecule has 7 nitrogen and oxygen atoms in total. The van der Waals surface area contributed by atoms with Crippen molar-refractivity contribution in [1.82, 2.24) is 25.4 Å². The average molecular weight is 350 g/mol. The minimum Gasteiger partial charge on any atom is -0.457 e. The maximum absolute atomic E-state index is 5.80. The van der Waals surface area contributed by atoms with Gasteiger partial charge < -0.3 is 15.4 Å². The molecule has 0 aliphatic rings. The van der Waals surface area contributed by atoms with E-state index in [1.54, 1.807) is 11.7 Å². The Morgan fingerprint density at radius 2 is 1.69 bits per heavy atom. The number of ether oxygens (including phenoxy) is 1. The number of nitrogens with one attached hydrogen (secondary N) is 2. The highest BCUT2D eigenvalue weighted by Crippen LogP contribution is 2.20. The van der Waals surface area contributed by atoms with E-state index in [1.807, 2.05) is 61.6 Å². The van der Waals surface area contributed by atoms with Crippen molar-refractivity contribution in [2.45, 2.75) is 13.1 Å². The molecule has 0 amide bonds. The van der Waals surface area contributed by atoms with Crippen molar-refractivity contribution in [2.75, 3.05) is 7.05 Å². The molecule has 3 aromatic rings. The van der Waals surface area contributed by atoms with E-state index in [4.69, 9.17) is 4.74 Å². The van der Waals surface area contributed by atoms with Crippen LogP contribution in [0, 0.1) is 0 Å². The molecule has 26 heavy (non-hydrogen) atoms. The number of guanidine groups is 1. The van der Waals surface area contributed by atoms with Crippen molar-refractivity contribution in [3.63, 3.8) is 0 Å². The fraction of sp³-hybridized carbons (Fsp3) is 0.211. The van der Waals surface area contributed by atoms with E-state index in [0.29, 0.717) is 19.0 Å². The maximum atomic E-state index is 5.80. The summed E-state index contributed by atoms with van der Waals surface area (Å²) in [5.41, 5.74) is 1.13. The molecular weight excluding hydrogens is 328 g/mol. The van der Waals surface area contributed by atoms with Gasteiger partial charge in [-0.2, -0.15) is 5.10 Å². The first-order valence-corrected chi connectivity index (χ1v) is 8.34. The Labute approximate surface area is 152 Å². The highest BCUT2D eigenvalue weighted by atomic mass is 16.5.